The second kappa shape index (κ2) is 9.42. The number of Topliss-reactive ketones (excluding diaryl/α,β-unsaturated/α-hetero) is 3. The Morgan fingerprint density at radius 2 is 1.81 bits per heavy atom. The summed E-state index contributed by atoms with van der Waals surface area (Å²) in [5.74, 6) is -7.27. The molecule has 1 saturated carbocycles. The lowest BCUT2D eigenvalue weighted by molar-refractivity contribution is -0.153. The number of aliphatic hydroxyl groups excluding tert-OH is 2. The minimum Gasteiger partial charge on any atom is -0.508 e. The molecule has 0 radical (unpaired) electrons. The smallest absolute Gasteiger partial charge is 0.255 e. The maximum atomic E-state index is 13.8. The number of amides is 1. The van der Waals surface area contributed by atoms with Crippen molar-refractivity contribution < 1.29 is 39.6 Å². The van der Waals surface area contributed by atoms with Gasteiger partial charge in [-0.05, 0) is 57.0 Å². The maximum Gasteiger partial charge on any atom is 0.255 e. The molecule has 0 saturated heterocycles. The highest BCUT2D eigenvalue weighted by Gasteiger charge is 2.64. The third kappa shape index (κ3) is 3.86. The summed E-state index contributed by atoms with van der Waals surface area (Å²) in [6.07, 6.45) is 2.87. The molecule has 10 heteroatoms. The first-order chi connectivity index (χ1) is 17.4. The number of hydrogen-bond donors (Lipinski definition) is 5. The fourth-order valence-electron chi connectivity index (χ4n) is 6.18. The van der Waals surface area contributed by atoms with Gasteiger partial charge < -0.3 is 26.2 Å². The third-order valence-corrected chi connectivity index (χ3v) is 7.91. The number of nitrogens with two attached hydrogens (primary N) is 1. The average Bonchev–Trinajstić information content (AvgIpc) is 2.81. The van der Waals surface area contributed by atoms with Crippen molar-refractivity contribution in [3.05, 3.63) is 45.7 Å². The van der Waals surface area contributed by atoms with Crippen molar-refractivity contribution in [1.82, 2.24) is 4.90 Å². The summed E-state index contributed by atoms with van der Waals surface area (Å²) in [6.45, 7) is 2.02. The number of nitrogens with zero attached hydrogens (tertiary/aromatic N) is 1. The third-order valence-electron chi connectivity index (χ3n) is 7.91. The highest BCUT2D eigenvalue weighted by atomic mass is 16.3. The monoisotopic (exact) mass is 512 g/mol. The number of aromatic hydroxyl groups is 1. The van der Waals surface area contributed by atoms with Crippen LogP contribution in [0, 0.1) is 11.8 Å². The van der Waals surface area contributed by atoms with Crippen LogP contribution in [0.3, 0.4) is 0 Å². The largest absolute Gasteiger partial charge is 0.508 e. The quantitative estimate of drug-likeness (QED) is 0.207. The summed E-state index contributed by atoms with van der Waals surface area (Å²) in [7, 11) is 3.08. The van der Waals surface area contributed by atoms with E-state index < -0.39 is 58.0 Å². The molecule has 37 heavy (non-hydrogen) atoms. The molecule has 3 aliphatic carbocycles. The van der Waals surface area contributed by atoms with Crippen molar-refractivity contribution in [1.29, 1.82) is 0 Å². The van der Waals surface area contributed by atoms with Crippen LogP contribution < -0.4 is 5.73 Å². The molecule has 198 valence electrons. The molecular formula is C27H32N2O8. The Morgan fingerprint density at radius 3 is 2.41 bits per heavy atom. The number of likely N-dealkylation sites (N-methyl/N-ethyl adjacent to an activating group) is 1. The normalized spacial score (nSPS) is 27.2. The van der Waals surface area contributed by atoms with Crippen LogP contribution in [0.25, 0.3) is 5.76 Å². The van der Waals surface area contributed by atoms with Crippen LogP contribution in [-0.4, -0.2) is 74.3 Å². The second-order valence-electron chi connectivity index (χ2n) is 10.3. The van der Waals surface area contributed by atoms with E-state index >= 15 is 0 Å². The Balaban J connectivity index is 1.90. The van der Waals surface area contributed by atoms with E-state index in [4.69, 9.17) is 5.73 Å². The van der Waals surface area contributed by atoms with E-state index in [2.05, 4.69) is 0 Å². The lowest BCUT2D eigenvalue weighted by atomic mass is 9.57. The Kier molecular flexibility index (Phi) is 6.76. The lowest BCUT2D eigenvalue weighted by Crippen LogP contribution is -2.65. The molecule has 0 spiro atoms. The summed E-state index contributed by atoms with van der Waals surface area (Å²) in [6, 6.07) is 1.62. The van der Waals surface area contributed by atoms with E-state index in [9.17, 15) is 39.6 Å². The molecule has 0 heterocycles. The SMILES string of the molecule is CCCCCC(=O)c1ccc(O)c2c1C[C@H]1C[C@H]3[C@H](N(C)C)C(=O)C(C(N)=O)=C(O)[C@@]3(O)C(=O)C1=C2O. The Hall–Kier alpha value is -3.50. The van der Waals surface area contributed by atoms with Crippen LogP contribution in [0.1, 0.15) is 60.5 Å². The average molecular weight is 513 g/mol. The summed E-state index contributed by atoms with van der Waals surface area (Å²) in [5, 5.41) is 44.3. The van der Waals surface area contributed by atoms with E-state index in [-0.39, 0.29) is 35.5 Å². The molecule has 0 unspecified atom stereocenters. The molecule has 1 aromatic rings. The number of aliphatic hydroxyl groups is 3. The Morgan fingerprint density at radius 1 is 1.14 bits per heavy atom. The van der Waals surface area contributed by atoms with Gasteiger partial charge in [0.1, 0.15) is 22.8 Å². The zero-order valence-electron chi connectivity index (χ0n) is 21.1. The van der Waals surface area contributed by atoms with Crippen molar-refractivity contribution in [2.24, 2.45) is 17.6 Å². The van der Waals surface area contributed by atoms with E-state index in [0.717, 1.165) is 12.8 Å². The number of carbonyl (C=O) groups excluding carboxylic acids is 4. The molecule has 0 bridgehead atoms. The molecule has 1 aromatic carbocycles. The van der Waals surface area contributed by atoms with Gasteiger partial charge in [0, 0.05) is 23.5 Å². The molecule has 0 aromatic heterocycles. The number of benzene rings is 1. The van der Waals surface area contributed by atoms with Crippen molar-refractivity contribution >= 4 is 29.0 Å². The van der Waals surface area contributed by atoms with Crippen molar-refractivity contribution in [3.63, 3.8) is 0 Å². The number of phenols is 1. The van der Waals surface area contributed by atoms with Gasteiger partial charge in [0.2, 0.25) is 5.78 Å². The highest BCUT2D eigenvalue weighted by molar-refractivity contribution is 6.24. The number of ketones is 3. The fraction of sp³-hybridized carbons (Fsp3) is 0.481. The van der Waals surface area contributed by atoms with Gasteiger partial charge in [-0.1, -0.05) is 19.8 Å². The maximum absolute atomic E-state index is 13.8. The first kappa shape index (κ1) is 26.6. The second-order valence-corrected chi connectivity index (χ2v) is 10.3. The minimum atomic E-state index is -2.69. The summed E-state index contributed by atoms with van der Waals surface area (Å²) in [5.41, 5.74) is 2.20. The predicted octanol–water partition coefficient (Wildman–Crippen LogP) is 1.73. The van der Waals surface area contributed by atoms with Crippen molar-refractivity contribution in [2.45, 2.75) is 57.1 Å². The molecule has 4 rings (SSSR count). The van der Waals surface area contributed by atoms with E-state index in [1.807, 2.05) is 6.92 Å². The molecule has 1 amide bonds. The van der Waals surface area contributed by atoms with Gasteiger partial charge in [0.05, 0.1) is 11.6 Å². The molecule has 6 N–H and O–H groups in total. The van der Waals surface area contributed by atoms with Gasteiger partial charge in [-0.3, -0.25) is 24.1 Å². The van der Waals surface area contributed by atoms with Gasteiger partial charge in [0.25, 0.3) is 5.91 Å². The topological polar surface area (TPSA) is 178 Å². The predicted molar refractivity (Wildman–Crippen MR) is 133 cm³/mol. The van der Waals surface area contributed by atoms with Gasteiger partial charge in [-0.15, -0.1) is 0 Å². The van der Waals surface area contributed by atoms with E-state index in [1.54, 1.807) is 14.1 Å². The summed E-state index contributed by atoms with van der Waals surface area (Å²) < 4.78 is 0. The van der Waals surface area contributed by atoms with Crippen LogP contribution in [0.15, 0.2) is 29.0 Å². The van der Waals surface area contributed by atoms with Crippen LogP contribution in [0.4, 0.5) is 0 Å². The number of phenolic OH excluding ortho intramolecular Hbond substituents is 1. The number of primary amides is 1. The standard InChI is InChI=1S/C27H32N2O8/c1-4-5-6-7-16(30)13-8-9-17(31)19-14(13)10-12-11-15-21(29(2)3)23(33)20(26(28)36)25(35)27(15,37)24(34)18(12)22(19)32/h8-9,12,15,21,31-32,35,37H,4-7,10-11H2,1-3H3,(H2,28,36)/t12-,15-,21-,27-/m0/s1. The van der Waals surface area contributed by atoms with Crippen LogP contribution in [0.5, 0.6) is 5.75 Å². The van der Waals surface area contributed by atoms with Crippen molar-refractivity contribution in [3.8, 4) is 5.75 Å². The summed E-state index contributed by atoms with van der Waals surface area (Å²) in [4.78, 5) is 53.4. The fourth-order valence-corrected chi connectivity index (χ4v) is 6.18. The number of fused-ring (bicyclic) bond motifs is 3. The van der Waals surface area contributed by atoms with Gasteiger partial charge in [-0.2, -0.15) is 0 Å². The van der Waals surface area contributed by atoms with Gasteiger partial charge >= 0.3 is 0 Å². The Bertz CT molecular complexity index is 1280. The Labute approximate surface area is 214 Å². The first-order valence-corrected chi connectivity index (χ1v) is 12.4. The zero-order valence-corrected chi connectivity index (χ0v) is 21.1. The highest BCUT2D eigenvalue weighted by Crippen LogP contribution is 2.53. The number of hydrogen-bond acceptors (Lipinski definition) is 9. The summed E-state index contributed by atoms with van der Waals surface area (Å²) >= 11 is 0. The molecule has 1 fully saturated rings. The van der Waals surface area contributed by atoms with E-state index in [0.29, 0.717) is 24.0 Å². The van der Waals surface area contributed by atoms with Gasteiger partial charge in [-0.25, -0.2) is 0 Å². The van der Waals surface area contributed by atoms with Crippen LogP contribution in [0.2, 0.25) is 0 Å². The molecule has 0 aliphatic heterocycles. The van der Waals surface area contributed by atoms with Gasteiger partial charge in [0.15, 0.2) is 17.2 Å². The lowest BCUT2D eigenvalue weighted by Gasteiger charge is -2.50. The number of carbonyl (C=O) groups is 4. The first-order valence-electron chi connectivity index (χ1n) is 12.4. The van der Waals surface area contributed by atoms with Crippen molar-refractivity contribution in [2.75, 3.05) is 14.1 Å². The molecule has 4 atom stereocenters. The molecular weight excluding hydrogens is 480 g/mol. The van der Waals surface area contributed by atoms with E-state index in [1.165, 1.54) is 17.0 Å². The minimum absolute atomic E-state index is 0.0229. The van der Waals surface area contributed by atoms with Crippen LogP contribution in [-0.2, 0) is 20.8 Å². The van der Waals surface area contributed by atoms with Crippen LogP contribution >= 0.6 is 0 Å². The number of rotatable bonds is 7. The molecule has 10 nitrogen and oxygen atoms in total. The number of unbranched alkanes of at least 4 members (excludes halogenated alkanes) is 2. The molecule has 3 aliphatic rings. The zero-order chi connectivity index (χ0) is 27.4.